The summed E-state index contributed by atoms with van der Waals surface area (Å²) in [5, 5.41) is 9.01. The fraction of sp³-hybridized carbons (Fsp3) is 0.692. The molecular weight excluding hydrogens is 231 g/mol. The molecule has 0 saturated carbocycles. The molecular formula is C13H21BO4. The van der Waals surface area contributed by atoms with Crippen molar-refractivity contribution in [3.63, 3.8) is 0 Å². The third-order valence-electron chi connectivity index (χ3n) is 4.10. The van der Waals surface area contributed by atoms with Gasteiger partial charge in [0.25, 0.3) is 0 Å². The summed E-state index contributed by atoms with van der Waals surface area (Å²) >= 11 is 0. The van der Waals surface area contributed by atoms with Gasteiger partial charge in [-0.3, -0.25) is 5.26 Å². The molecule has 0 spiro atoms. The van der Waals surface area contributed by atoms with E-state index in [1.807, 2.05) is 52.8 Å². The third-order valence-corrected chi connectivity index (χ3v) is 4.10. The molecule has 1 N–H and O–H groups in total. The van der Waals surface area contributed by atoms with Gasteiger partial charge in [0.05, 0.1) is 11.2 Å². The number of allylic oxidation sites excluding steroid dienone is 2. The third kappa shape index (κ3) is 2.28. The van der Waals surface area contributed by atoms with E-state index in [0.29, 0.717) is 0 Å². The van der Waals surface area contributed by atoms with Gasteiger partial charge in [0.1, 0.15) is 6.10 Å². The van der Waals surface area contributed by atoms with Crippen LogP contribution in [0.25, 0.3) is 0 Å². The zero-order chi connectivity index (χ0) is 13.6. The smallest absolute Gasteiger partial charge is 0.403 e. The average molecular weight is 252 g/mol. The summed E-state index contributed by atoms with van der Waals surface area (Å²) in [6, 6.07) is 0. The molecule has 18 heavy (non-hydrogen) atoms. The number of hydrogen-bond acceptors (Lipinski definition) is 4. The van der Waals surface area contributed by atoms with Crippen LogP contribution in [0.1, 0.15) is 34.6 Å². The Hall–Kier alpha value is -0.615. The first-order chi connectivity index (χ1) is 8.27. The predicted octanol–water partition coefficient (Wildman–Crippen LogP) is 2.82. The van der Waals surface area contributed by atoms with E-state index in [1.165, 1.54) is 0 Å². The maximum absolute atomic E-state index is 9.01. The van der Waals surface area contributed by atoms with E-state index in [1.54, 1.807) is 0 Å². The Balaban J connectivity index is 2.17. The molecule has 1 aliphatic carbocycles. The minimum atomic E-state index is -0.426. The van der Waals surface area contributed by atoms with Gasteiger partial charge in [-0.15, -0.1) is 0 Å². The summed E-state index contributed by atoms with van der Waals surface area (Å²) in [6.45, 7) is 10.00. The van der Waals surface area contributed by atoms with Gasteiger partial charge in [-0.1, -0.05) is 17.7 Å². The molecule has 0 aromatic heterocycles. The molecule has 2 atom stereocenters. The topological polar surface area (TPSA) is 47.9 Å². The van der Waals surface area contributed by atoms with Crippen molar-refractivity contribution in [3.8, 4) is 0 Å². The van der Waals surface area contributed by atoms with Crippen LogP contribution in [0.3, 0.4) is 0 Å². The van der Waals surface area contributed by atoms with Gasteiger partial charge in [0, 0.05) is 5.82 Å². The molecule has 2 aliphatic rings. The molecule has 4 nitrogen and oxygen atoms in total. The van der Waals surface area contributed by atoms with E-state index in [0.717, 1.165) is 5.57 Å². The lowest BCUT2D eigenvalue weighted by Gasteiger charge is -2.32. The summed E-state index contributed by atoms with van der Waals surface area (Å²) in [5.41, 5.74) is 0.311. The monoisotopic (exact) mass is 252 g/mol. The molecule has 0 amide bonds. The molecule has 5 heteroatoms. The van der Waals surface area contributed by atoms with Crippen molar-refractivity contribution >= 4 is 7.12 Å². The van der Waals surface area contributed by atoms with E-state index in [4.69, 9.17) is 14.6 Å². The molecule has 0 bridgehead atoms. The van der Waals surface area contributed by atoms with Crippen molar-refractivity contribution in [2.45, 2.75) is 57.7 Å². The standard InChI is InChI=1S/C13H21BO4/c1-9-6-7-10(11(8-9)16-15)14-17-12(2,3)13(4,5)18-14/h6-8,10-11,15H,1-5H3/t10-,11?/m1/s1. The highest BCUT2D eigenvalue weighted by Gasteiger charge is 2.54. The summed E-state index contributed by atoms with van der Waals surface area (Å²) in [5.74, 6) is -0.139. The average Bonchev–Trinajstić information content (AvgIpc) is 2.47. The first-order valence-electron chi connectivity index (χ1n) is 6.29. The minimum absolute atomic E-state index is 0.139. The Morgan fingerprint density at radius 2 is 1.78 bits per heavy atom. The Bertz CT molecular complexity index is 370. The summed E-state index contributed by atoms with van der Waals surface area (Å²) in [4.78, 5) is 4.54. The van der Waals surface area contributed by atoms with Gasteiger partial charge in [0.15, 0.2) is 0 Å². The molecule has 1 unspecified atom stereocenters. The fourth-order valence-corrected chi connectivity index (χ4v) is 2.19. The van der Waals surface area contributed by atoms with Crippen LogP contribution in [0, 0.1) is 0 Å². The lowest BCUT2D eigenvalue weighted by molar-refractivity contribution is -0.265. The van der Waals surface area contributed by atoms with E-state index >= 15 is 0 Å². The van der Waals surface area contributed by atoms with Crippen molar-refractivity contribution in [2.24, 2.45) is 0 Å². The molecule has 1 aliphatic heterocycles. The normalized spacial score (nSPS) is 33.7. The molecule has 2 rings (SSSR count). The highest BCUT2D eigenvalue weighted by molar-refractivity contribution is 6.48. The second-order valence-electron chi connectivity index (χ2n) is 6.04. The van der Waals surface area contributed by atoms with E-state index < -0.39 is 13.2 Å². The van der Waals surface area contributed by atoms with Gasteiger partial charge in [-0.05, 0) is 40.7 Å². The summed E-state index contributed by atoms with van der Waals surface area (Å²) < 4.78 is 12.0. The first kappa shape index (κ1) is 13.8. The lowest BCUT2D eigenvalue weighted by atomic mass is 9.66. The van der Waals surface area contributed by atoms with Crippen LogP contribution in [0.5, 0.6) is 0 Å². The quantitative estimate of drug-likeness (QED) is 0.466. The van der Waals surface area contributed by atoms with Crippen LogP contribution >= 0.6 is 0 Å². The van der Waals surface area contributed by atoms with Crippen LogP contribution in [0.2, 0.25) is 5.82 Å². The van der Waals surface area contributed by atoms with Gasteiger partial charge in [-0.2, -0.15) is 0 Å². The zero-order valence-corrected chi connectivity index (χ0v) is 11.6. The molecule has 0 radical (unpaired) electrons. The highest BCUT2D eigenvalue weighted by Crippen LogP contribution is 2.42. The maximum Gasteiger partial charge on any atom is 0.468 e. The second kappa shape index (κ2) is 4.49. The van der Waals surface area contributed by atoms with Crippen molar-refractivity contribution < 1.29 is 19.5 Å². The molecule has 1 saturated heterocycles. The van der Waals surface area contributed by atoms with Gasteiger partial charge >= 0.3 is 7.12 Å². The van der Waals surface area contributed by atoms with Gasteiger partial charge in [0.2, 0.25) is 0 Å². The first-order valence-corrected chi connectivity index (χ1v) is 6.29. The second-order valence-corrected chi connectivity index (χ2v) is 6.04. The molecule has 100 valence electrons. The van der Waals surface area contributed by atoms with Crippen LogP contribution in [0.15, 0.2) is 23.8 Å². The minimum Gasteiger partial charge on any atom is -0.403 e. The van der Waals surface area contributed by atoms with Crippen molar-refractivity contribution in [1.29, 1.82) is 0 Å². The van der Waals surface area contributed by atoms with Crippen LogP contribution in [-0.4, -0.2) is 29.7 Å². The number of hydrogen-bond donors (Lipinski definition) is 1. The van der Waals surface area contributed by atoms with E-state index in [9.17, 15) is 0 Å². The molecule has 0 aromatic carbocycles. The SMILES string of the molecule is CC1=CC(OO)[C@H](B2OC(C)(C)C(C)(C)O2)C=C1. The maximum atomic E-state index is 9.01. The number of rotatable bonds is 2. The zero-order valence-electron chi connectivity index (χ0n) is 11.6. The van der Waals surface area contributed by atoms with Crippen molar-refractivity contribution in [3.05, 3.63) is 23.8 Å². The van der Waals surface area contributed by atoms with Crippen LogP contribution in [-0.2, 0) is 14.2 Å². The lowest BCUT2D eigenvalue weighted by Crippen LogP contribution is -2.41. The predicted molar refractivity (Wildman–Crippen MR) is 70.2 cm³/mol. The Morgan fingerprint density at radius 1 is 1.22 bits per heavy atom. The molecule has 0 aromatic rings. The van der Waals surface area contributed by atoms with Crippen LogP contribution in [0.4, 0.5) is 0 Å². The van der Waals surface area contributed by atoms with Crippen molar-refractivity contribution in [2.75, 3.05) is 0 Å². The molecule has 1 heterocycles. The highest BCUT2D eigenvalue weighted by atomic mass is 17.1. The van der Waals surface area contributed by atoms with Gasteiger partial charge in [-0.25, -0.2) is 4.89 Å². The van der Waals surface area contributed by atoms with Crippen LogP contribution < -0.4 is 0 Å². The van der Waals surface area contributed by atoms with E-state index in [2.05, 4.69) is 4.89 Å². The Kier molecular flexibility index (Phi) is 3.45. The Labute approximate surface area is 109 Å². The molecule has 1 fully saturated rings. The summed E-state index contributed by atoms with van der Waals surface area (Å²) in [7, 11) is -0.409. The Morgan fingerprint density at radius 3 is 2.28 bits per heavy atom. The van der Waals surface area contributed by atoms with Gasteiger partial charge < -0.3 is 9.31 Å². The summed E-state index contributed by atoms with van der Waals surface area (Å²) in [6.07, 6.45) is 5.41. The van der Waals surface area contributed by atoms with E-state index in [-0.39, 0.29) is 17.0 Å². The fourth-order valence-electron chi connectivity index (χ4n) is 2.19. The van der Waals surface area contributed by atoms with Crippen molar-refractivity contribution in [1.82, 2.24) is 0 Å². The largest absolute Gasteiger partial charge is 0.468 e.